The summed E-state index contributed by atoms with van der Waals surface area (Å²) in [6.45, 7) is 5.83. The molecule has 1 fully saturated rings. The lowest BCUT2D eigenvalue weighted by atomic mass is 9.90. The predicted molar refractivity (Wildman–Crippen MR) is 73.5 cm³/mol. The monoisotopic (exact) mass is 226 g/mol. The number of hydrogen-bond donors (Lipinski definition) is 2. The molecule has 3 N–H and O–H groups in total. The first-order chi connectivity index (χ1) is 8.16. The first-order valence-electron chi connectivity index (χ1n) is 6.17. The number of hydrogen-bond acceptors (Lipinski definition) is 2. The van der Waals surface area contributed by atoms with Gasteiger partial charge in [-0.2, -0.15) is 0 Å². The van der Waals surface area contributed by atoms with E-state index in [0.29, 0.717) is 5.70 Å². The van der Waals surface area contributed by atoms with Crippen molar-refractivity contribution in [2.75, 3.05) is 13.1 Å². The average molecular weight is 226 g/mol. The summed E-state index contributed by atoms with van der Waals surface area (Å²) in [4.78, 5) is 0. The highest BCUT2D eigenvalue weighted by Gasteiger charge is 2.21. The van der Waals surface area contributed by atoms with E-state index in [9.17, 15) is 0 Å². The number of nitrogens with two attached hydrogens (primary N) is 1. The van der Waals surface area contributed by atoms with Gasteiger partial charge < -0.3 is 11.1 Å². The van der Waals surface area contributed by atoms with E-state index in [4.69, 9.17) is 13.6 Å². The molecule has 0 unspecified atom stereocenters. The Kier molecular flexibility index (Phi) is 3.90. The molecule has 3 heteroatoms. The molecule has 88 valence electrons. The standard InChI is InChI=1S/C14H19BN2/c1-10(16)14(9-17-8-11-2-3-11)12-4-6-13(15)7-5-12/h4-7,11,14,17H,1-3,8-9,16H2/t14-/m0/s1. The van der Waals surface area contributed by atoms with Crippen molar-refractivity contribution >= 4 is 13.3 Å². The van der Waals surface area contributed by atoms with Crippen LogP contribution in [0.25, 0.3) is 0 Å². The van der Waals surface area contributed by atoms with Crippen LogP contribution >= 0.6 is 0 Å². The van der Waals surface area contributed by atoms with Crippen LogP contribution in [-0.2, 0) is 0 Å². The molecule has 1 aliphatic rings. The van der Waals surface area contributed by atoms with Crippen LogP contribution in [0.5, 0.6) is 0 Å². The molecule has 0 aromatic heterocycles. The van der Waals surface area contributed by atoms with E-state index < -0.39 is 0 Å². The van der Waals surface area contributed by atoms with Gasteiger partial charge in [0.05, 0.1) is 0 Å². The summed E-state index contributed by atoms with van der Waals surface area (Å²) in [7, 11) is 5.68. The normalized spacial score (nSPS) is 16.7. The zero-order valence-electron chi connectivity index (χ0n) is 10.2. The van der Waals surface area contributed by atoms with Crippen LogP contribution in [0.4, 0.5) is 0 Å². The number of rotatable bonds is 6. The number of benzene rings is 1. The molecule has 2 radical (unpaired) electrons. The van der Waals surface area contributed by atoms with Gasteiger partial charge in [-0.05, 0) is 30.9 Å². The Morgan fingerprint density at radius 1 is 1.41 bits per heavy atom. The van der Waals surface area contributed by atoms with Gasteiger partial charge in [0.15, 0.2) is 0 Å². The molecule has 1 saturated carbocycles. The Balaban J connectivity index is 1.95. The molecule has 2 rings (SSSR count). The maximum absolute atomic E-state index is 5.87. The van der Waals surface area contributed by atoms with E-state index >= 15 is 0 Å². The lowest BCUT2D eigenvalue weighted by Crippen LogP contribution is -2.26. The molecule has 0 aliphatic heterocycles. The third-order valence-corrected chi connectivity index (χ3v) is 3.26. The van der Waals surface area contributed by atoms with E-state index in [1.54, 1.807) is 0 Å². The first-order valence-corrected chi connectivity index (χ1v) is 6.17. The van der Waals surface area contributed by atoms with Crippen molar-refractivity contribution < 1.29 is 0 Å². The Morgan fingerprint density at radius 2 is 2.06 bits per heavy atom. The fraction of sp³-hybridized carbons (Fsp3) is 0.429. The minimum atomic E-state index is 0.175. The molecular formula is C14H19BN2. The topological polar surface area (TPSA) is 38.0 Å². The first kappa shape index (κ1) is 12.2. The summed E-state index contributed by atoms with van der Waals surface area (Å²) < 4.78 is 0. The van der Waals surface area contributed by atoms with Crippen LogP contribution in [0.3, 0.4) is 0 Å². The second kappa shape index (κ2) is 5.41. The largest absolute Gasteiger partial charge is 0.402 e. The molecule has 0 bridgehead atoms. The maximum atomic E-state index is 5.87. The summed E-state index contributed by atoms with van der Waals surface area (Å²) >= 11 is 0. The zero-order chi connectivity index (χ0) is 12.3. The van der Waals surface area contributed by atoms with Crippen molar-refractivity contribution in [2.24, 2.45) is 11.7 Å². The van der Waals surface area contributed by atoms with Gasteiger partial charge in [-0.1, -0.05) is 36.3 Å². The van der Waals surface area contributed by atoms with Gasteiger partial charge in [0.2, 0.25) is 0 Å². The third-order valence-electron chi connectivity index (χ3n) is 3.26. The van der Waals surface area contributed by atoms with Crippen LogP contribution in [0.15, 0.2) is 36.5 Å². The molecule has 0 amide bonds. The van der Waals surface area contributed by atoms with Crippen molar-refractivity contribution in [3.63, 3.8) is 0 Å². The van der Waals surface area contributed by atoms with Gasteiger partial charge in [0, 0.05) is 18.2 Å². The zero-order valence-corrected chi connectivity index (χ0v) is 10.2. The summed E-state index contributed by atoms with van der Waals surface area (Å²) in [5, 5.41) is 3.47. The molecule has 1 aliphatic carbocycles. The molecule has 1 aromatic rings. The predicted octanol–water partition coefficient (Wildman–Crippen LogP) is 1.04. The van der Waals surface area contributed by atoms with E-state index in [1.807, 2.05) is 24.3 Å². The Labute approximate surface area is 105 Å². The van der Waals surface area contributed by atoms with E-state index in [-0.39, 0.29) is 5.92 Å². The molecule has 2 nitrogen and oxygen atoms in total. The van der Waals surface area contributed by atoms with Gasteiger partial charge in [-0.3, -0.25) is 0 Å². The van der Waals surface area contributed by atoms with Crippen LogP contribution in [0.1, 0.15) is 24.3 Å². The van der Waals surface area contributed by atoms with Crippen LogP contribution < -0.4 is 16.5 Å². The van der Waals surface area contributed by atoms with Gasteiger partial charge in [0.1, 0.15) is 7.85 Å². The average Bonchev–Trinajstić information content (AvgIpc) is 3.09. The van der Waals surface area contributed by atoms with Gasteiger partial charge in [0.25, 0.3) is 0 Å². The van der Waals surface area contributed by atoms with Crippen molar-refractivity contribution in [1.82, 2.24) is 5.32 Å². The second-order valence-electron chi connectivity index (χ2n) is 4.90. The highest BCUT2D eigenvalue weighted by molar-refractivity contribution is 6.32. The molecule has 0 spiro atoms. The van der Waals surface area contributed by atoms with E-state index in [1.165, 1.54) is 18.4 Å². The molecule has 17 heavy (non-hydrogen) atoms. The highest BCUT2D eigenvalue weighted by atomic mass is 14.9. The minimum absolute atomic E-state index is 0.175. The van der Waals surface area contributed by atoms with Crippen LogP contribution in [-0.4, -0.2) is 20.9 Å². The Hall–Kier alpha value is -1.22. The minimum Gasteiger partial charge on any atom is -0.402 e. The quantitative estimate of drug-likeness (QED) is 0.711. The van der Waals surface area contributed by atoms with Crippen LogP contribution in [0.2, 0.25) is 0 Å². The lowest BCUT2D eigenvalue weighted by Gasteiger charge is -2.18. The van der Waals surface area contributed by atoms with Gasteiger partial charge >= 0.3 is 0 Å². The van der Waals surface area contributed by atoms with Crippen LogP contribution in [0, 0.1) is 5.92 Å². The number of nitrogens with one attached hydrogen (secondary N) is 1. The second-order valence-corrected chi connectivity index (χ2v) is 4.90. The fourth-order valence-corrected chi connectivity index (χ4v) is 1.95. The van der Waals surface area contributed by atoms with Gasteiger partial charge in [-0.25, -0.2) is 0 Å². The SMILES string of the molecule is [B]c1ccc([C@@H](CNCC2CC2)C(=C)N)cc1. The van der Waals surface area contributed by atoms with E-state index in [2.05, 4.69) is 11.9 Å². The molecule has 0 saturated heterocycles. The van der Waals surface area contributed by atoms with E-state index in [0.717, 1.165) is 24.5 Å². The molecule has 0 heterocycles. The summed E-state index contributed by atoms with van der Waals surface area (Å²) in [6, 6.07) is 7.87. The summed E-state index contributed by atoms with van der Waals surface area (Å²) in [5.41, 5.74) is 8.53. The maximum Gasteiger partial charge on any atom is 0.113 e. The third kappa shape index (κ3) is 3.63. The van der Waals surface area contributed by atoms with Crippen molar-refractivity contribution in [2.45, 2.75) is 18.8 Å². The summed E-state index contributed by atoms with van der Waals surface area (Å²) in [5.74, 6) is 1.06. The molecule has 1 atom stereocenters. The fourth-order valence-electron chi connectivity index (χ4n) is 1.95. The summed E-state index contributed by atoms with van der Waals surface area (Å²) in [6.07, 6.45) is 2.73. The molecule has 1 aromatic carbocycles. The van der Waals surface area contributed by atoms with Crippen molar-refractivity contribution in [3.8, 4) is 0 Å². The van der Waals surface area contributed by atoms with Crippen molar-refractivity contribution in [1.29, 1.82) is 0 Å². The van der Waals surface area contributed by atoms with Gasteiger partial charge in [-0.15, -0.1) is 0 Å². The lowest BCUT2D eigenvalue weighted by molar-refractivity contribution is 0.596. The Morgan fingerprint density at radius 3 is 2.59 bits per heavy atom. The Bertz CT molecular complexity index is 382. The highest BCUT2D eigenvalue weighted by Crippen LogP contribution is 2.28. The smallest absolute Gasteiger partial charge is 0.113 e. The van der Waals surface area contributed by atoms with Crippen molar-refractivity contribution in [3.05, 3.63) is 42.1 Å². The molecular weight excluding hydrogens is 207 g/mol.